The summed E-state index contributed by atoms with van der Waals surface area (Å²) in [5.41, 5.74) is 10.7. The number of hydrogen-bond donors (Lipinski definition) is 5. The smallest absolute Gasteiger partial charge is 0.322 e. The maximum absolute atomic E-state index is 11.9. The fourth-order valence-corrected chi connectivity index (χ4v) is 1.74. The molecule has 0 saturated carbocycles. The van der Waals surface area contributed by atoms with Crippen molar-refractivity contribution < 1.29 is 24.3 Å². The number of carbonyl (C=O) groups is 4. The zero-order valence-electron chi connectivity index (χ0n) is 12.8. The Labute approximate surface area is 128 Å². The van der Waals surface area contributed by atoms with Gasteiger partial charge in [0.1, 0.15) is 12.6 Å². The predicted octanol–water partition coefficient (Wildman–Crippen LogP) is -1.69. The summed E-state index contributed by atoms with van der Waals surface area (Å²) in [5.74, 6) is -2.88. The summed E-state index contributed by atoms with van der Waals surface area (Å²) in [6.45, 7) is 3.22. The van der Waals surface area contributed by atoms with Crippen LogP contribution in [0.1, 0.15) is 33.1 Å². The molecule has 0 aromatic rings. The van der Waals surface area contributed by atoms with E-state index in [1.807, 2.05) is 13.8 Å². The molecule has 0 unspecified atom stereocenters. The molecular formula is C13H24N4O5. The number of carboxylic acids is 1. The Morgan fingerprint density at radius 2 is 1.73 bits per heavy atom. The molecule has 2 atom stereocenters. The van der Waals surface area contributed by atoms with Crippen LogP contribution in [0.25, 0.3) is 0 Å². The standard InChI is InChI=1S/C13H24N4O5/c1-7(2)5-8(14)12(21)17-9(3-4-10(15)18)13(22)16-6-11(19)20/h7-9H,3-6,14H2,1-2H3,(H2,15,18)(H,16,22)(H,17,21)(H,19,20)/t8-,9-/m0/s1. The average molecular weight is 316 g/mol. The zero-order valence-corrected chi connectivity index (χ0v) is 12.8. The van der Waals surface area contributed by atoms with Crippen LogP contribution in [0.15, 0.2) is 0 Å². The van der Waals surface area contributed by atoms with Crippen LogP contribution in [0.3, 0.4) is 0 Å². The van der Waals surface area contributed by atoms with Crippen LogP contribution in [-0.4, -0.2) is 47.4 Å². The maximum Gasteiger partial charge on any atom is 0.322 e. The van der Waals surface area contributed by atoms with Gasteiger partial charge in [-0.25, -0.2) is 0 Å². The molecule has 9 nitrogen and oxygen atoms in total. The third-order valence-corrected chi connectivity index (χ3v) is 2.79. The zero-order chi connectivity index (χ0) is 17.3. The van der Waals surface area contributed by atoms with Gasteiger partial charge in [-0.05, 0) is 18.8 Å². The molecule has 126 valence electrons. The number of rotatable bonds is 10. The molecule has 0 aliphatic carbocycles. The minimum atomic E-state index is -1.22. The monoisotopic (exact) mass is 316 g/mol. The van der Waals surface area contributed by atoms with Crippen molar-refractivity contribution in [1.29, 1.82) is 0 Å². The Morgan fingerprint density at radius 3 is 2.18 bits per heavy atom. The van der Waals surface area contributed by atoms with E-state index in [4.69, 9.17) is 16.6 Å². The number of aliphatic carboxylic acids is 1. The molecule has 0 saturated heterocycles. The van der Waals surface area contributed by atoms with Gasteiger partial charge >= 0.3 is 5.97 Å². The second kappa shape index (κ2) is 9.72. The van der Waals surface area contributed by atoms with Gasteiger partial charge in [0.05, 0.1) is 6.04 Å². The van der Waals surface area contributed by atoms with Crippen LogP contribution < -0.4 is 22.1 Å². The number of amides is 3. The van der Waals surface area contributed by atoms with E-state index in [1.165, 1.54) is 0 Å². The van der Waals surface area contributed by atoms with Gasteiger partial charge in [-0.1, -0.05) is 13.8 Å². The lowest BCUT2D eigenvalue weighted by atomic mass is 10.0. The molecule has 22 heavy (non-hydrogen) atoms. The largest absolute Gasteiger partial charge is 0.480 e. The molecule has 3 amide bonds. The Kier molecular flexibility index (Phi) is 8.76. The maximum atomic E-state index is 11.9. The van der Waals surface area contributed by atoms with E-state index in [0.717, 1.165) is 0 Å². The lowest BCUT2D eigenvalue weighted by Crippen LogP contribution is -2.52. The number of carboxylic acid groups (broad SMARTS) is 1. The summed E-state index contributed by atoms with van der Waals surface area (Å²) in [6.07, 6.45) is 0.289. The van der Waals surface area contributed by atoms with Gasteiger partial charge < -0.3 is 27.2 Å². The fraction of sp³-hybridized carbons (Fsp3) is 0.692. The number of primary amides is 1. The molecule has 0 bridgehead atoms. The fourth-order valence-electron chi connectivity index (χ4n) is 1.74. The second-order valence-corrected chi connectivity index (χ2v) is 5.41. The first-order valence-corrected chi connectivity index (χ1v) is 6.97. The van der Waals surface area contributed by atoms with E-state index >= 15 is 0 Å². The predicted molar refractivity (Wildman–Crippen MR) is 78.4 cm³/mol. The first-order valence-electron chi connectivity index (χ1n) is 6.97. The van der Waals surface area contributed by atoms with Crippen LogP contribution in [0.5, 0.6) is 0 Å². The molecular weight excluding hydrogens is 292 g/mol. The van der Waals surface area contributed by atoms with Crippen LogP contribution in [0.4, 0.5) is 0 Å². The van der Waals surface area contributed by atoms with Crippen molar-refractivity contribution in [1.82, 2.24) is 10.6 Å². The van der Waals surface area contributed by atoms with Gasteiger partial charge in [0.15, 0.2) is 0 Å². The number of carbonyl (C=O) groups excluding carboxylic acids is 3. The van der Waals surface area contributed by atoms with Crippen molar-refractivity contribution in [3.05, 3.63) is 0 Å². The van der Waals surface area contributed by atoms with Crippen LogP contribution >= 0.6 is 0 Å². The highest BCUT2D eigenvalue weighted by Crippen LogP contribution is 2.04. The van der Waals surface area contributed by atoms with Crippen molar-refractivity contribution >= 4 is 23.7 Å². The Bertz CT molecular complexity index is 425. The Balaban J connectivity index is 4.69. The average Bonchev–Trinajstić information content (AvgIpc) is 2.39. The molecule has 0 heterocycles. The van der Waals surface area contributed by atoms with Crippen LogP contribution in [-0.2, 0) is 19.2 Å². The van der Waals surface area contributed by atoms with E-state index in [0.29, 0.717) is 6.42 Å². The van der Waals surface area contributed by atoms with Crippen molar-refractivity contribution in [2.75, 3.05) is 6.54 Å². The molecule has 7 N–H and O–H groups in total. The van der Waals surface area contributed by atoms with Gasteiger partial charge in [-0.2, -0.15) is 0 Å². The van der Waals surface area contributed by atoms with E-state index in [1.54, 1.807) is 0 Å². The van der Waals surface area contributed by atoms with Gasteiger partial charge in [0.2, 0.25) is 17.7 Å². The number of nitrogens with one attached hydrogen (secondary N) is 2. The summed E-state index contributed by atoms with van der Waals surface area (Å²) < 4.78 is 0. The molecule has 0 rings (SSSR count). The highest BCUT2D eigenvalue weighted by molar-refractivity contribution is 5.91. The van der Waals surface area contributed by atoms with Crippen molar-refractivity contribution in [2.45, 2.75) is 45.2 Å². The van der Waals surface area contributed by atoms with Crippen molar-refractivity contribution in [3.63, 3.8) is 0 Å². The third-order valence-electron chi connectivity index (χ3n) is 2.79. The molecule has 0 aliphatic heterocycles. The highest BCUT2D eigenvalue weighted by Gasteiger charge is 2.24. The normalized spacial score (nSPS) is 13.3. The molecule has 0 spiro atoms. The Hall–Kier alpha value is -2.16. The highest BCUT2D eigenvalue weighted by atomic mass is 16.4. The first-order chi connectivity index (χ1) is 10.1. The molecule has 0 aromatic carbocycles. The van der Waals surface area contributed by atoms with E-state index in [-0.39, 0.29) is 18.8 Å². The van der Waals surface area contributed by atoms with E-state index < -0.39 is 42.3 Å². The lowest BCUT2D eigenvalue weighted by molar-refractivity contribution is -0.138. The van der Waals surface area contributed by atoms with Crippen LogP contribution in [0, 0.1) is 5.92 Å². The second-order valence-electron chi connectivity index (χ2n) is 5.41. The van der Waals surface area contributed by atoms with Crippen LogP contribution in [0.2, 0.25) is 0 Å². The lowest BCUT2D eigenvalue weighted by Gasteiger charge is -2.20. The minimum Gasteiger partial charge on any atom is -0.480 e. The number of hydrogen-bond acceptors (Lipinski definition) is 5. The quantitative estimate of drug-likeness (QED) is 0.322. The van der Waals surface area contributed by atoms with Crippen molar-refractivity contribution in [2.24, 2.45) is 17.4 Å². The molecule has 0 radical (unpaired) electrons. The van der Waals surface area contributed by atoms with E-state index in [9.17, 15) is 19.2 Å². The molecule has 0 aliphatic rings. The molecule has 0 aromatic heterocycles. The number of nitrogens with two attached hydrogens (primary N) is 2. The Morgan fingerprint density at radius 1 is 1.14 bits per heavy atom. The molecule has 0 fully saturated rings. The summed E-state index contributed by atoms with van der Waals surface area (Å²) in [6, 6.07) is -1.85. The third kappa shape index (κ3) is 8.90. The minimum absolute atomic E-state index is 0.0269. The summed E-state index contributed by atoms with van der Waals surface area (Å²) in [7, 11) is 0. The summed E-state index contributed by atoms with van der Waals surface area (Å²) >= 11 is 0. The topological polar surface area (TPSA) is 165 Å². The SMILES string of the molecule is CC(C)C[C@H](N)C(=O)N[C@@H](CCC(N)=O)C(=O)NCC(=O)O. The molecule has 9 heteroatoms. The van der Waals surface area contributed by atoms with Gasteiger partial charge in [0.25, 0.3) is 0 Å². The summed E-state index contributed by atoms with van der Waals surface area (Å²) in [4.78, 5) is 45.1. The summed E-state index contributed by atoms with van der Waals surface area (Å²) in [5, 5.41) is 13.1. The van der Waals surface area contributed by atoms with Gasteiger partial charge in [0, 0.05) is 6.42 Å². The first kappa shape index (κ1) is 19.8. The van der Waals surface area contributed by atoms with Crippen molar-refractivity contribution in [3.8, 4) is 0 Å². The van der Waals surface area contributed by atoms with E-state index in [2.05, 4.69) is 10.6 Å². The van der Waals surface area contributed by atoms with Gasteiger partial charge in [-0.3, -0.25) is 19.2 Å². The van der Waals surface area contributed by atoms with Gasteiger partial charge in [-0.15, -0.1) is 0 Å².